The van der Waals surface area contributed by atoms with Crippen molar-refractivity contribution in [3.05, 3.63) is 36.8 Å². The second kappa shape index (κ2) is 6.31. The summed E-state index contributed by atoms with van der Waals surface area (Å²) in [5.74, 6) is 0. The molecule has 0 aliphatic heterocycles. The molecule has 1 nitrogen and oxygen atoms in total. The van der Waals surface area contributed by atoms with Gasteiger partial charge in [-0.3, -0.25) is 0 Å². The molecule has 1 atom stereocenters. The predicted octanol–water partition coefficient (Wildman–Crippen LogP) is -0.161. The van der Waals surface area contributed by atoms with Gasteiger partial charge in [-0.2, -0.15) is 0 Å². The molecule has 0 heterocycles. The molecule has 0 fully saturated rings. The molecular weight excluding hydrogens is 208 g/mol. The predicted molar refractivity (Wildman–Crippen MR) is 70.4 cm³/mol. The summed E-state index contributed by atoms with van der Waals surface area (Å²) in [6, 6.07) is 0.859. The summed E-state index contributed by atoms with van der Waals surface area (Å²) in [7, 11) is -0.756. The molecule has 1 unspecified atom stereocenters. The van der Waals surface area contributed by atoms with Crippen molar-refractivity contribution in [2.24, 2.45) is 0 Å². The first-order valence-electron chi connectivity index (χ1n) is 4.73. The molecule has 0 rings (SSSR count). The summed E-state index contributed by atoms with van der Waals surface area (Å²) in [5.41, 5.74) is 7.10. The van der Waals surface area contributed by atoms with E-state index in [9.17, 15) is 5.11 Å². The number of aliphatic hydroxyl groups is 1. The summed E-state index contributed by atoms with van der Waals surface area (Å²) in [5, 5.41) is 9.75. The highest BCUT2D eigenvalue weighted by atomic mass is 28.3. The van der Waals surface area contributed by atoms with Crippen LogP contribution in [-0.2, 0) is 0 Å². The van der Waals surface area contributed by atoms with E-state index in [1.54, 1.807) is 0 Å². The summed E-state index contributed by atoms with van der Waals surface area (Å²) in [6.45, 7) is 11.5. The Morgan fingerprint density at radius 3 is 2.08 bits per heavy atom. The molecule has 0 aliphatic rings. The van der Waals surface area contributed by atoms with Gasteiger partial charge in [0.15, 0.2) is 0 Å². The summed E-state index contributed by atoms with van der Waals surface area (Å²) < 4.78 is 0. The molecular formula is C9H20OSi3. The van der Waals surface area contributed by atoms with Crippen molar-refractivity contribution < 1.29 is 5.11 Å². The van der Waals surface area contributed by atoms with E-state index in [-0.39, 0.29) is 15.2 Å². The molecule has 0 radical (unpaired) electrons. The van der Waals surface area contributed by atoms with Crippen LogP contribution in [0.25, 0.3) is 0 Å². The Balaban J connectivity index is 4.32. The first kappa shape index (κ1) is 12.8. The molecule has 74 valence electrons. The van der Waals surface area contributed by atoms with E-state index in [1.165, 1.54) is 15.9 Å². The van der Waals surface area contributed by atoms with E-state index < -0.39 is 8.07 Å². The third-order valence-electron chi connectivity index (χ3n) is 2.35. The molecule has 0 amide bonds. The Labute approximate surface area is 87.5 Å². The summed E-state index contributed by atoms with van der Waals surface area (Å²) in [4.78, 5) is 0. The Bertz CT molecular complexity index is 170. The van der Waals surface area contributed by atoms with Gasteiger partial charge in [0.1, 0.15) is 8.07 Å². The summed E-state index contributed by atoms with van der Waals surface area (Å²) in [6.07, 6.45) is 0. The minimum atomic E-state index is -1.73. The van der Waals surface area contributed by atoms with Gasteiger partial charge in [0.05, 0.1) is 9.52 Å². The van der Waals surface area contributed by atoms with E-state index in [2.05, 4.69) is 19.7 Å². The Hall–Kier alpha value is -0.169. The topological polar surface area (TPSA) is 20.2 Å². The van der Waals surface area contributed by atoms with Crippen molar-refractivity contribution in [3.63, 3.8) is 0 Å². The number of hydrogen-bond donors (Lipinski definition) is 1. The van der Waals surface area contributed by atoms with Crippen LogP contribution in [0.15, 0.2) is 36.8 Å². The van der Waals surface area contributed by atoms with Crippen LogP contribution in [-0.4, -0.2) is 38.7 Å². The van der Waals surface area contributed by atoms with E-state index in [0.29, 0.717) is 0 Å². The van der Waals surface area contributed by atoms with Crippen LogP contribution < -0.4 is 0 Å². The lowest BCUT2D eigenvalue weighted by molar-refractivity contribution is 0.271. The highest BCUT2D eigenvalue weighted by Gasteiger charge is 2.24. The molecule has 0 aromatic carbocycles. The molecule has 0 bridgehead atoms. The standard InChI is InChI=1S/C9H20OSi3/c1-4-13(5-2,6-3)7-9(10)12-8-11/h4-6,9-10H,1-3,7-8,12H2,11H3. The van der Waals surface area contributed by atoms with Gasteiger partial charge in [-0.1, -0.05) is 22.8 Å². The van der Waals surface area contributed by atoms with Crippen molar-refractivity contribution in [2.45, 2.75) is 17.4 Å². The number of aliphatic hydroxyl groups excluding tert-OH is 1. The van der Waals surface area contributed by atoms with Crippen molar-refractivity contribution in [2.75, 3.05) is 0 Å². The SMILES string of the molecule is C=C[Si](C=C)(C=C)CC(O)[SiH2]C[SiH3]. The fourth-order valence-corrected chi connectivity index (χ4v) is 8.14. The molecule has 0 aromatic rings. The van der Waals surface area contributed by atoms with E-state index >= 15 is 0 Å². The molecule has 0 spiro atoms. The fraction of sp³-hybridized carbons (Fsp3) is 0.333. The van der Waals surface area contributed by atoms with Gasteiger partial charge in [0.2, 0.25) is 0 Å². The van der Waals surface area contributed by atoms with Crippen molar-refractivity contribution in [1.82, 2.24) is 0 Å². The third-order valence-corrected chi connectivity index (χ3v) is 9.65. The molecule has 0 aromatic heterocycles. The second-order valence-electron chi connectivity index (χ2n) is 3.37. The van der Waals surface area contributed by atoms with E-state index in [4.69, 9.17) is 0 Å². The van der Waals surface area contributed by atoms with Crippen LogP contribution in [0.4, 0.5) is 0 Å². The Morgan fingerprint density at radius 1 is 1.31 bits per heavy atom. The minimum absolute atomic E-state index is 0.0573. The fourth-order valence-electron chi connectivity index (χ4n) is 1.34. The first-order valence-corrected chi connectivity index (χ1v) is 10.4. The largest absolute Gasteiger partial charge is 0.398 e. The van der Waals surface area contributed by atoms with E-state index in [0.717, 1.165) is 6.04 Å². The van der Waals surface area contributed by atoms with Gasteiger partial charge < -0.3 is 5.11 Å². The highest BCUT2D eigenvalue weighted by Crippen LogP contribution is 2.16. The molecule has 13 heavy (non-hydrogen) atoms. The third kappa shape index (κ3) is 4.04. The van der Waals surface area contributed by atoms with Gasteiger partial charge in [0, 0.05) is 5.73 Å². The maximum atomic E-state index is 9.75. The Morgan fingerprint density at radius 2 is 1.77 bits per heavy atom. The lowest BCUT2D eigenvalue weighted by atomic mass is 10.8. The van der Waals surface area contributed by atoms with Gasteiger partial charge >= 0.3 is 0 Å². The van der Waals surface area contributed by atoms with Crippen LogP contribution in [0, 0.1) is 0 Å². The van der Waals surface area contributed by atoms with Gasteiger partial charge in [0.25, 0.3) is 0 Å². The molecule has 1 N–H and O–H groups in total. The zero-order chi connectivity index (χ0) is 10.3. The van der Waals surface area contributed by atoms with Crippen molar-refractivity contribution in [1.29, 1.82) is 0 Å². The lowest BCUT2D eigenvalue weighted by Crippen LogP contribution is -2.34. The molecule has 0 saturated heterocycles. The maximum absolute atomic E-state index is 9.75. The first-order chi connectivity index (χ1) is 6.14. The number of rotatable bonds is 7. The van der Waals surface area contributed by atoms with Crippen LogP contribution in [0.2, 0.25) is 11.7 Å². The zero-order valence-corrected chi connectivity index (χ0v) is 12.9. The van der Waals surface area contributed by atoms with Crippen LogP contribution >= 0.6 is 0 Å². The zero-order valence-electron chi connectivity index (χ0n) is 8.50. The molecule has 0 saturated carbocycles. The van der Waals surface area contributed by atoms with E-state index in [1.807, 2.05) is 17.1 Å². The highest BCUT2D eigenvalue weighted by molar-refractivity contribution is 6.93. The van der Waals surface area contributed by atoms with Crippen molar-refractivity contribution in [3.8, 4) is 0 Å². The normalized spacial score (nSPS) is 14.5. The van der Waals surface area contributed by atoms with Gasteiger partial charge in [-0.15, -0.1) is 19.7 Å². The maximum Gasteiger partial charge on any atom is 0.126 e. The van der Waals surface area contributed by atoms with Crippen LogP contribution in [0.1, 0.15) is 0 Å². The minimum Gasteiger partial charge on any atom is -0.398 e. The molecule has 4 heteroatoms. The quantitative estimate of drug-likeness (QED) is 0.601. The second-order valence-corrected chi connectivity index (χ2v) is 12.7. The monoisotopic (exact) mass is 228 g/mol. The average Bonchev–Trinajstić information content (AvgIpc) is 2.15. The average molecular weight is 229 g/mol. The summed E-state index contributed by atoms with van der Waals surface area (Å²) >= 11 is 0. The van der Waals surface area contributed by atoms with Gasteiger partial charge in [-0.25, -0.2) is 0 Å². The Kier molecular flexibility index (Phi) is 6.23. The van der Waals surface area contributed by atoms with Gasteiger partial charge in [-0.05, 0) is 16.3 Å². The van der Waals surface area contributed by atoms with Crippen LogP contribution in [0.5, 0.6) is 0 Å². The molecule has 0 aliphatic carbocycles. The van der Waals surface area contributed by atoms with Crippen LogP contribution in [0.3, 0.4) is 0 Å². The smallest absolute Gasteiger partial charge is 0.126 e. The lowest BCUT2D eigenvalue weighted by Gasteiger charge is -2.22. The van der Waals surface area contributed by atoms with Crippen molar-refractivity contribution >= 4 is 27.8 Å². The number of hydrogen-bond acceptors (Lipinski definition) is 1.